The molecule has 26 heavy (non-hydrogen) atoms. The third kappa shape index (κ3) is 4.89. The average Bonchev–Trinajstić information content (AvgIpc) is 2.59. The number of hydrogen-bond acceptors (Lipinski definition) is 5. The lowest BCUT2D eigenvalue weighted by atomic mass is 10.2. The lowest BCUT2D eigenvalue weighted by Gasteiger charge is -2.23. The summed E-state index contributed by atoms with van der Waals surface area (Å²) in [6, 6.07) is 13.9. The zero-order valence-corrected chi connectivity index (χ0v) is 16.1. The number of anilines is 3. The summed E-state index contributed by atoms with van der Waals surface area (Å²) in [5.74, 6) is 0.0405. The molecule has 1 N–H and O–H groups in total. The molecule has 0 atom stereocenters. The second-order valence-corrected chi connectivity index (χ2v) is 7.84. The number of nitrogens with one attached hydrogen (secondary N) is 1. The van der Waals surface area contributed by atoms with Gasteiger partial charge in [0.15, 0.2) is 0 Å². The number of ether oxygens (including phenoxy) is 1. The third-order valence-corrected chi connectivity index (χ3v) is 4.86. The fourth-order valence-corrected chi connectivity index (χ4v) is 3.24. The molecule has 0 aliphatic rings. The minimum atomic E-state index is -3.63. The van der Waals surface area contributed by atoms with Gasteiger partial charge in [0.05, 0.1) is 24.7 Å². The topological polar surface area (TPSA) is 79.0 Å². The van der Waals surface area contributed by atoms with Crippen molar-refractivity contribution in [2.24, 2.45) is 0 Å². The summed E-state index contributed by atoms with van der Waals surface area (Å²) in [5.41, 5.74) is 1.84. The Kier molecular flexibility index (Phi) is 6.10. The lowest BCUT2D eigenvalue weighted by molar-refractivity contribution is -0.114. The Labute approximate surface area is 154 Å². The zero-order chi connectivity index (χ0) is 19.3. The van der Waals surface area contributed by atoms with Gasteiger partial charge >= 0.3 is 0 Å². The fourth-order valence-electron chi connectivity index (χ4n) is 2.39. The van der Waals surface area contributed by atoms with Crippen LogP contribution in [0.25, 0.3) is 0 Å². The number of amides is 1. The molecule has 2 aromatic rings. The number of hydrogen-bond donors (Lipinski definition) is 1. The SMILES string of the molecule is COc1ccccc1NC(=O)CN(c1ccc(N(C)C)cc1)S(C)(=O)=O. The molecule has 0 heterocycles. The molecular weight excluding hydrogens is 354 g/mol. The molecule has 0 saturated carbocycles. The van der Waals surface area contributed by atoms with Gasteiger partial charge in [-0.15, -0.1) is 0 Å². The van der Waals surface area contributed by atoms with Crippen LogP contribution in [0.2, 0.25) is 0 Å². The van der Waals surface area contributed by atoms with Crippen LogP contribution in [0.4, 0.5) is 17.1 Å². The van der Waals surface area contributed by atoms with Gasteiger partial charge in [-0.1, -0.05) is 12.1 Å². The maximum absolute atomic E-state index is 12.4. The highest BCUT2D eigenvalue weighted by molar-refractivity contribution is 7.92. The van der Waals surface area contributed by atoms with Crippen LogP contribution in [0.1, 0.15) is 0 Å². The fraction of sp³-hybridized carbons (Fsp3) is 0.278. The molecule has 0 fully saturated rings. The van der Waals surface area contributed by atoms with E-state index in [1.54, 1.807) is 48.5 Å². The molecule has 0 bridgehead atoms. The highest BCUT2D eigenvalue weighted by atomic mass is 32.2. The minimum Gasteiger partial charge on any atom is -0.495 e. The zero-order valence-electron chi connectivity index (χ0n) is 15.3. The van der Waals surface area contributed by atoms with Gasteiger partial charge in [-0.3, -0.25) is 9.10 Å². The highest BCUT2D eigenvalue weighted by Gasteiger charge is 2.21. The van der Waals surface area contributed by atoms with Crippen molar-refractivity contribution in [2.45, 2.75) is 0 Å². The van der Waals surface area contributed by atoms with Crippen LogP contribution < -0.4 is 19.3 Å². The summed E-state index contributed by atoms with van der Waals surface area (Å²) in [4.78, 5) is 14.3. The third-order valence-electron chi connectivity index (χ3n) is 3.72. The molecule has 7 nitrogen and oxygen atoms in total. The van der Waals surface area contributed by atoms with E-state index < -0.39 is 15.9 Å². The van der Waals surface area contributed by atoms with Gasteiger partial charge in [0.1, 0.15) is 12.3 Å². The van der Waals surface area contributed by atoms with Crippen molar-refractivity contribution in [2.75, 3.05) is 48.5 Å². The predicted octanol–water partition coefficient (Wildman–Crippen LogP) is 2.17. The molecule has 0 radical (unpaired) electrons. The molecule has 0 aliphatic carbocycles. The standard InChI is InChI=1S/C18H23N3O4S/c1-20(2)14-9-11-15(12-10-14)21(26(4,23)24)13-18(22)19-16-7-5-6-8-17(16)25-3/h5-12H,13H2,1-4H3,(H,19,22). The Morgan fingerprint density at radius 2 is 1.62 bits per heavy atom. The second kappa shape index (κ2) is 8.09. The van der Waals surface area contributed by atoms with Crippen molar-refractivity contribution in [3.8, 4) is 5.75 Å². The molecule has 140 valence electrons. The van der Waals surface area contributed by atoms with E-state index in [2.05, 4.69) is 5.32 Å². The molecular formula is C18H23N3O4S. The molecule has 2 rings (SSSR count). The smallest absolute Gasteiger partial charge is 0.245 e. The summed E-state index contributed by atoms with van der Waals surface area (Å²) in [6.45, 7) is -0.335. The van der Waals surface area contributed by atoms with Crippen LogP contribution in [0.5, 0.6) is 5.75 Å². The number of nitrogens with zero attached hydrogens (tertiary/aromatic N) is 2. The first-order valence-corrected chi connectivity index (χ1v) is 9.75. The Morgan fingerprint density at radius 3 is 2.15 bits per heavy atom. The van der Waals surface area contributed by atoms with Crippen molar-refractivity contribution in [3.63, 3.8) is 0 Å². The number of rotatable bonds is 7. The Balaban J connectivity index is 2.21. The Bertz CT molecular complexity index is 864. The number of methoxy groups -OCH3 is 1. The molecule has 0 saturated heterocycles. The molecule has 2 aromatic carbocycles. The van der Waals surface area contributed by atoms with E-state index in [4.69, 9.17) is 4.74 Å². The Morgan fingerprint density at radius 1 is 1.04 bits per heavy atom. The first-order chi connectivity index (χ1) is 12.2. The molecule has 8 heteroatoms. The van der Waals surface area contributed by atoms with E-state index in [0.717, 1.165) is 16.2 Å². The number of para-hydroxylation sites is 2. The maximum Gasteiger partial charge on any atom is 0.245 e. The van der Waals surface area contributed by atoms with Crippen LogP contribution in [-0.2, 0) is 14.8 Å². The first kappa shape index (κ1) is 19.6. The van der Waals surface area contributed by atoms with Crippen molar-refractivity contribution < 1.29 is 17.9 Å². The normalized spacial score (nSPS) is 10.9. The van der Waals surface area contributed by atoms with Crippen molar-refractivity contribution >= 4 is 33.0 Å². The number of carbonyl (C=O) groups excluding carboxylic acids is 1. The largest absolute Gasteiger partial charge is 0.495 e. The molecule has 0 aliphatic heterocycles. The van der Waals surface area contributed by atoms with Gasteiger partial charge in [0.25, 0.3) is 0 Å². The molecule has 0 aromatic heterocycles. The van der Waals surface area contributed by atoms with Crippen molar-refractivity contribution in [1.82, 2.24) is 0 Å². The predicted molar refractivity (Wildman–Crippen MR) is 105 cm³/mol. The summed E-state index contributed by atoms with van der Waals surface area (Å²) in [6.07, 6.45) is 1.07. The van der Waals surface area contributed by atoms with E-state index >= 15 is 0 Å². The highest BCUT2D eigenvalue weighted by Crippen LogP contribution is 2.24. The summed E-state index contributed by atoms with van der Waals surface area (Å²) in [5, 5.41) is 2.69. The monoisotopic (exact) mass is 377 g/mol. The van der Waals surface area contributed by atoms with Crippen LogP contribution in [-0.4, -0.2) is 48.3 Å². The van der Waals surface area contributed by atoms with Crippen molar-refractivity contribution in [3.05, 3.63) is 48.5 Å². The quantitative estimate of drug-likeness (QED) is 0.800. The maximum atomic E-state index is 12.4. The van der Waals surface area contributed by atoms with Gasteiger partial charge < -0.3 is 15.0 Å². The first-order valence-electron chi connectivity index (χ1n) is 7.90. The number of sulfonamides is 1. The Hall–Kier alpha value is -2.74. The van der Waals surface area contributed by atoms with E-state index in [1.807, 2.05) is 19.0 Å². The number of benzene rings is 2. The van der Waals surface area contributed by atoms with Gasteiger partial charge in [-0.25, -0.2) is 8.42 Å². The summed E-state index contributed by atoms with van der Waals surface area (Å²) < 4.78 is 30.6. The lowest BCUT2D eigenvalue weighted by Crippen LogP contribution is -2.37. The van der Waals surface area contributed by atoms with Gasteiger partial charge in [0.2, 0.25) is 15.9 Å². The van der Waals surface area contributed by atoms with Crippen LogP contribution in [0.15, 0.2) is 48.5 Å². The second-order valence-electron chi connectivity index (χ2n) is 5.93. The minimum absolute atomic E-state index is 0.335. The summed E-state index contributed by atoms with van der Waals surface area (Å²) in [7, 11) is 1.66. The van der Waals surface area contributed by atoms with Gasteiger partial charge in [0, 0.05) is 19.8 Å². The number of carbonyl (C=O) groups is 1. The van der Waals surface area contributed by atoms with Crippen molar-refractivity contribution in [1.29, 1.82) is 0 Å². The van der Waals surface area contributed by atoms with E-state index in [-0.39, 0.29) is 6.54 Å². The van der Waals surface area contributed by atoms with E-state index in [0.29, 0.717) is 17.1 Å². The van der Waals surface area contributed by atoms with Gasteiger partial charge in [-0.05, 0) is 36.4 Å². The van der Waals surface area contributed by atoms with Crippen LogP contribution in [0, 0.1) is 0 Å². The molecule has 0 unspecified atom stereocenters. The van der Waals surface area contributed by atoms with E-state index in [9.17, 15) is 13.2 Å². The molecule has 1 amide bonds. The van der Waals surface area contributed by atoms with E-state index in [1.165, 1.54) is 7.11 Å². The summed E-state index contributed by atoms with van der Waals surface area (Å²) >= 11 is 0. The average molecular weight is 377 g/mol. The van der Waals surface area contributed by atoms with Crippen LogP contribution in [0.3, 0.4) is 0 Å². The van der Waals surface area contributed by atoms with Crippen LogP contribution >= 0.6 is 0 Å². The van der Waals surface area contributed by atoms with Gasteiger partial charge in [-0.2, -0.15) is 0 Å². The molecule has 0 spiro atoms.